The smallest absolute Gasteiger partial charge is 0.319 e. The molecule has 44 heavy (non-hydrogen) atoms. The van der Waals surface area contributed by atoms with Gasteiger partial charge in [0.05, 0.1) is 15.8 Å². The molecule has 0 radical (unpaired) electrons. The quantitative estimate of drug-likeness (QED) is 0.273. The third-order valence-electron chi connectivity index (χ3n) is 9.86. The Bertz CT molecular complexity index is 1780. The largest absolute Gasteiger partial charge is 0.508 e. The Morgan fingerprint density at radius 2 is 1.95 bits per heavy atom. The number of pyridine rings is 1. The number of thioether (sulfide) groups is 1. The number of nitrogens with one attached hydrogen (secondary N) is 1. The highest BCUT2D eigenvalue weighted by Crippen LogP contribution is 2.43. The number of phenols is 1. The number of aromatic hydroxyl groups is 1. The van der Waals surface area contributed by atoms with Crippen LogP contribution in [0, 0.1) is 11.6 Å². The topological polar surface area (TPSA) is 86.6 Å². The summed E-state index contributed by atoms with van der Waals surface area (Å²) >= 11 is 1.21. The number of aromatic nitrogens is 3. The first-order chi connectivity index (χ1) is 21.3. The van der Waals surface area contributed by atoms with Gasteiger partial charge < -0.3 is 20.1 Å². The molecule has 12 heteroatoms. The SMILES string of the molecule is CSc1c(F)ccc2cc(O)cc(-c3ncc4c(N5C[C@H]6CC[C@@H](C5)N6)nc(OC[C@@]56CCCN5C[C@H](F)C6)nc4c3F)c12. The Labute approximate surface area is 257 Å². The second kappa shape index (κ2) is 10.6. The zero-order chi connectivity index (χ0) is 30.2. The molecular weight excluding hydrogens is 589 g/mol. The molecule has 4 aliphatic rings. The second-order valence-electron chi connectivity index (χ2n) is 12.6. The molecule has 6 heterocycles. The maximum Gasteiger partial charge on any atom is 0.319 e. The Morgan fingerprint density at radius 3 is 2.75 bits per heavy atom. The number of phenolic OH excluding ortho intramolecular Hbond substituents is 1. The molecule has 4 atom stereocenters. The van der Waals surface area contributed by atoms with E-state index in [1.165, 1.54) is 30.0 Å². The first kappa shape index (κ1) is 28.1. The molecule has 0 saturated carbocycles. The molecule has 4 aliphatic heterocycles. The van der Waals surface area contributed by atoms with Crippen LogP contribution in [0.2, 0.25) is 0 Å². The summed E-state index contributed by atoms with van der Waals surface area (Å²) in [7, 11) is 0. The summed E-state index contributed by atoms with van der Waals surface area (Å²) in [6, 6.07) is 6.50. The number of anilines is 1. The van der Waals surface area contributed by atoms with Gasteiger partial charge in [-0.05, 0) is 62.1 Å². The average Bonchev–Trinajstić information content (AvgIpc) is 3.66. The number of ether oxygens (including phenoxy) is 1. The first-order valence-corrected chi connectivity index (χ1v) is 16.4. The number of nitrogens with zero attached hydrogens (tertiary/aromatic N) is 5. The number of rotatable bonds is 6. The van der Waals surface area contributed by atoms with Gasteiger partial charge in [-0.15, -0.1) is 11.8 Å². The molecule has 0 unspecified atom stereocenters. The normalized spacial score (nSPS) is 26.6. The van der Waals surface area contributed by atoms with Crippen molar-refractivity contribution in [3.05, 3.63) is 42.1 Å². The van der Waals surface area contributed by atoms with Crippen molar-refractivity contribution >= 4 is 39.3 Å². The molecule has 4 fully saturated rings. The lowest BCUT2D eigenvalue weighted by Gasteiger charge is -2.34. The summed E-state index contributed by atoms with van der Waals surface area (Å²) < 4.78 is 52.4. The van der Waals surface area contributed by atoms with Gasteiger partial charge >= 0.3 is 6.01 Å². The van der Waals surface area contributed by atoms with Crippen LogP contribution in [0.5, 0.6) is 11.8 Å². The molecule has 2 N–H and O–H groups in total. The molecule has 2 aromatic heterocycles. The molecule has 0 amide bonds. The number of benzene rings is 2. The van der Waals surface area contributed by atoms with Gasteiger partial charge in [0.25, 0.3) is 0 Å². The van der Waals surface area contributed by atoms with Crippen molar-refractivity contribution in [1.29, 1.82) is 0 Å². The third kappa shape index (κ3) is 4.56. The van der Waals surface area contributed by atoms with Crippen LogP contribution in [0.1, 0.15) is 32.1 Å². The lowest BCUT2D eigenvalue weighted by Crippen LogP contribution is -2.51. The fourth-order valence-electron chi connectivity index (χ4n) is 7.91. The predicted molar refractivity (Wildman–Crippen MR) is 164 cm³/mol. The number of fused-ring (bicyclic) bond motifs is 5. The van der Waals surface area contributed by atoms with E-state index in [0.29, 0.717) is 65.0 Å². The van der Waals surface area contributed by atoms with E-state index in [1.807, 2.05) is 0 Å². The van der Waals surface area contributed by atoms with E-state index in [-0.39, 0.29) is 35.1 Å². The van der Waals surface area contributed by atoms with Crippen molar-refractivity contribution in [1.82, 2.24) is 25.2 Å². The minimum absolute atomic E-state index is 0.0366. The van der Waals surface area contributed by atoms with Crippen LogP contribution >= 0.6 is 11.8 Å². The Balaban J connectivity index is 1.27. The number of halogens is 3. The Hall–Kier alpha value is -3.35. The maximum absolute atomic E-state index is 16.8. The molecule has 4 aromatic rings. The minimum Gasteiger partial charge on any atom is -0.508 e. The number of alkyl halides is 1. The molecule has 0 aliphatic carbocycles. The van der Waals surface area contributed by atoms with E-state index in [9.17, 15) is 13.9 Å². The summed E-state index contributed by atoms with van der Waals surface area (Å²) in [5.74, 6) is -0.676. The lowest BCUT2D eigenvalue weighted by atomic mass is 9.95. The fourth-order valence-corrected chi connectivity index (χ4v) is 8.61. The van der Waals surface area contributed by atoms with Gasteiger partial charge in [0, 0.05) is 55.3 Å². The van der Waals surface area contributed by atoms with Crippen molar-refractivity contribution in [2.75, 3.05) is 43.9 Å². The van der Waals surface area contributed by atoms with Crippen molar-refractivity contribution in [2.24, 2.45) is 0 Å². The predicted octanol–water partition coefficient (Wildman–Crippen LogP) is 5.45. The zero-order valence-electron chi connectivity index (χ0n) is 24.3. The highest BCUT2D eigenvalue weighted by molar-refractivity contribution is 7.98. The van der Waals surface area contributed by atoms with Crippen LogP contribution in [-0.2, 0) is 0 Å². The van der Waals surface area contributed by atoms with Gasteiger partial charge in [-0.3, -0.25) is 9.88 Å². The van der Waals surface area contributed by atoms with Crippen molar-refractivity contribution < 1.29 is 23.0 Å². The summed E-state index contributed by atoms with van der Waals surface area (Å²) in [6.07, 6.45) is 6.74. The first-order valence-electron chi connectivity index (χ1n) is 15.2. The molecular formula is C32H33F3N6O2S. The van der Waals surface area contributed by atoms with Crippen molar-refractivity contribution in [2.45, 2.75) is 60.8 Å². The number of hydrogen-bond donors (Lipinski definition) is 2. The third-order valence-corrected chi connectivity index (χ3v) is 10.7. The molecule has 230 valence electrons. The summed E-state index contributed by atoms with van der Waals surface area (Å²) in [5.41, 5.74) is -0.152. The maximum atomic E-state index is 16.8. The van der Waals surface area contributed by atoms with Crippen LogP contribution in [0.25, 0.3) is 32.9 Å². The number of piperazine rings is 1. The van der Waals surface area contributed by atoms with Gasteiger partial charge in [-0.25, -0.2) is 13.2 Å². The molecule has 8 rings (SSSR count). The van der Waals surface area contributed by atoms with Crippen LogP contribution in [0.3, 0.4) is 0 Å². The summed E-state index contributed by atoms with van der Waals surface area (Å²) in [4.78, 5) is 18.6. The van der Waals surface area contributed by atoms with E-state index >= 15 is 4.39 Å². The number of hydrogen-bond acceptors (Lipinski definition) is 9. The molecule has 2 aromatic carbocycles. The van der Waals surface area contributed by atoms with Crippen LogP contribution in [-0.4, -0.2) is 87.8 Å². The van der Waals surface area contributed by atoms with E-state index in [0.717, 1.165) is 32.2 Å². The lowest BCUT2D eigenvalue weighted by molar-refractivity contribution is 0.107. The monoisotopic (exact) mass is 622 g/mol. The Morgan fingerprint density at radius 1 is 1.14 bits per heavy atom. The highest BCUT2D eigenvalue weighted by atomic mass is 32.2. The van der Waals surface area contributed by atoms with Gasteiger partial charge in [-0.2, -0.15) is 9.97 Å². The molecule has 0 spiro atoms. The molecule has 8 nitrogen and oxygen atoms in total. The van der Waals surface area contributed by atoms with E-state index in [1.54, 1.807) is 18.5 Å². The zero-order valence-corrected chi connectivity index (χ0v) is 25.1. The highest BCUT2D eigenvalue weighted by Gasteiger charge is 2.49. The van der Waals surface area contributed by atoms with Gasteiger partial charge in [-0.1, -0.05) is 6.07 Å². The van der Waals surface area contributed by atoms with Crippen LogP contribution in [0.4, 0.5) is 19.0 Å². The van der Waals surface area contributed by atoms with Crippen molar-refractivity contribution in [3.63, 3.8) is 0 Å². The second-order valence-corrected chi connectivity index (χ2v) is 13.4. The fraction of sp³-hybridized carbons (Fsp3) is 0.469. The standard InChI is InChI=1S/C32H33F3N6O2S/c1-44-29-24(34)6-3-17-9-21(42)10-22(25(17)29)27-26(35)28-23(12-36-27)30(40-14-19-4-5-20(15-40)37-19)39-31(38-28)43-16-32-7-2-8-41(32)13-18(33)11-32/h3,6,9-10,12,18-20,37,42H,2,4-5,7-8,11,13-16H2,1H3/t18-,19-,20+,32+/m1/s1. The minimum atomic E-state index is -0.900. The van der Waals surface area contributed by atoms with E-state index in [4.69, 9.17) is 9.72 Å². The van der Waals surface area contributed by atoms with Gasteiger partial charge in [0.1, 0.15) is 41.4 Å². The van der Waals surface area contributed by atoms with E-state index < -0.39 is 23.3 Å². The average molecular weight is 623 g/mol. The van der Waals surface area contributed by atoms with Crippen LogP contribution < -0.4 is 15.0 Å². The Kier molecular flexibility index (Phi) is 6.80. The van der Waals surface area contributed by atoms with Gasteiger partial charge in [0.2, 0.25) is 0 Å². The molecule has 2 bridgehead atoms. The molecule has 4 saturated heterocycles. The van der Waals surface area contributed by atoms with E-state index in [2.05, 4.69) is 25.1 Å². The van der Waals surface area contributed by atoms with Crippen molar-refractivity contribution in [3.8, 4) is 23.0 Å². The summed E-state index contributed by atoms with van der Waals surface area (Å²) in [5, 5.41) is 15.7. The summed E-state index contributed by atoms with van der Waals surface area (Å²) in [6.45, 7) is 2.87. The van der Waals surface area contributed by atoms with Crippen LogP contribution in [0.15, 0.2) is 35.4 Å². The van der Waals surface area contributed by atoms with Gasteiger partial charge in [0.15, 0.2) is 5.82 Å².